The van der Waals surface area contributed by atoms with Crippen molar-refractivity contribution in [2.24, 2.45) is 0 Å². The molecule has 2 N–H and O–H groups in total. The van der Waals surface area contributed by atoms with E-state index in [2.05, 4.69) is 107 Å². The summed E-state index contributed by atoms with van der Waals surface area (Å²) in [4.78, 5) is 88.1. The van der Waals surface area contributed by atoms with E-state index in [-0.39, 0.29) is 164 Å². The number of hydrogen-bond acceptors (Lipinski definition) is 23. The molecule has 98 heavy (non-hydrogen) atoms. The van der Waals surface area contributed by atoms with E-state index in [0.29, 0.717) is 67.1 Å². The number of thiophene rings is 3. The van der Waals surface area contributed by atoms with Gasteiger partial charge < -0.3 is 36.4 Å². The standard InChI is InChI=1S/C21H14N2O2S.C19H10N2O2S.C10H8BrNO2S.C6H3BrClNO.C5H3BrClN.C4H8O2S.CH2O3.2K.Li.H2O.H/c1-2-25-21(24)19-9-14-11-23-12-18(20(14)26-19)17-8-7-13(10-22)15-5-3-4-6-16(15)17;20-8-11-5-6-15(14-4-2-1-3-13(11)14)16-10-21-9-12-7-17(19(22)23)24-18(12)16;1-2-14-10(13)8-3-6-4-12-5-7(11)9(6)15-8;7-5-2-9-1-4(3-10)6(5)8;6-4-3-8-2-1-5(4)7;1-2-6-4(5)3-7;2-1-4-3;;;;;/h3-9,11-12H,2H2,1H3;1-7,9-10H,(H,22,23);3-5H,2H2,1H3;1-3H;1-3H;7H,2-3H2,1H3;1,3H;;;;1H2;/q;;;;;;;3*+1;;-1/p-2. The molecule has 8 heterocycles. The summed E-state index contributed by atoms with van der Waals surface area (Å²) in [6.07, 6.45) is 17.4. The van der Waals surface area contributed by atoms with Crippen molar-refractivity contribution in [2.75, 3.05) is 25.6 Å². The molecule has 488 valence electrons. The number of rotatable bonds is 11. The number of carbonyl (C=O) groups is 6. The Balaban J connectivity index is 0.000000616. The van der Waals surface area contributed by atoms with Gasteiger partial charge in [-0.2, -0.15) is 23.2 Å². The van der Waals surface area contributed by atoms with Gasteiger partial charge in [0.05, 0.1) is 82.6 Å². The molecule has 20 nitrogen and oxygen atoms in total. The molecule has 0 radical (unpaired) electrons. The van der Waals surface area contributed by atoms with Crippen LogP contribution in [0.4, 0.5) is 0 Å². The number of ether oxygens (including phenoxy) is 3. The van der Waals surface area contributed by atoms with Crippen molar-refractivity contribution in [1.82, 2.24) is 24.9 Å². The van der Waals surface area contributed by atoms with Crippen LogP contribution in [0.3, 0.4) is 0 Å². The molecule has 0 saturated carbocycles. The number of nitriles is 2. The zero-order chi connectivity index (χ0) is 68.3. The van der Waals surface area contributed by atoms with Crippen LogP contribution < -0.4 is 127 Å². The summed E-state index contributed by atoms with van der Waals surface area (Å²) in [5.41, 5.74) is 5.43. The van der Waals surface area contributed by atoms with Crippen LogP contribution >= 0.6 is 118 Å². The van der Waals surface area contributed by atoms with Crippen molar-refractivity contribution in [3.63, 3.8) is 0 Å². The van der Waals surface area contributed by atoms with Crippen molar-refractivity contribution < 1.29 is 187 Å². The normalized spacial score (nSPS) is 9.63. The van der Waals surface area contributed by atoms with Gasteiger partial charge in [-0.05, 0) is 127 Å². The van der Waals surface area contributed by atoms with E-state index in [1.165, 1.54) is 46.4 Å². The Labute approximate surface area is 712 Å². The number of aromatic carboxylic acids is 1. The van der Waals surface area contributed by atoms with Crippen molar-refractivity contribution in [3.8, 4) is 34.4 Å². The van der Waals surface area contributed by atoms with Gasteiger partial charge in [0, 0.05) is 109 Å². The number of carboxylic acid groups (broad SMARTS) is 1. The van der Waals surface area contributed by atoms with Crippen LogP contribution in [0.25, 0.3) is 74.1 Å². The topological polar surface area (TPSA) is 325 Å². The number of carboxylic acids is 1. The molecule has 0 spiro atoms. The Kier molecular flexibility index (Phi) is 42.5. The second-order valence-corrected chi connectivity index (χ2v) is 24.9. The van der Waals surface area contributed by atoms with E-state index in [9.17, 15) is 39.6 Å². The summed E-state index contributed by atoms with van der Waals surface area (Å²) < 4.78 is 19.8. The summed E-state index contributed by atoms with van der Waals surface area (Å²) >= 11 is 28.8. The summed E-state index contributed by atoms with van der Waals surface area (Å²) in [6, 6.07) is 34.5. The third kappa shape index (κ3) is 25.0. The van der Waals surface area contributed by atoms with Gasteiger partial charge in [0.2, 0.25) is 0 Å². The molecule has 0 unspecified atom stereocenters. The van der Waals surface area contributed by atoms with Crippen molar-refractivity contribution in [2.45, 2.75) is 20.8 Å². The van der Waals surface area contributed by atoms with Gasteiger partial charge >= 0.3 is 146 Å². The third-order valence-electron chi connectivity index (χ3n) is 12.2. The first-order valence-corrected chi connectivity index (χ1v) is 33.3. The van der Waals surface area contributed by atoms with Gasteiger partial charge in [0.25, 0.3) is 6.47 Å². The number of benzene rings is 4. The first-order valence-electron chi connectivity index (χ1n) is 27.1. The molecule has 0 atom stereocenters. The third-order valence-corrected chi connectivity index (χ3v) is 19.3. The minimum Gasteiger partial charge on any atom is -1.00 e. The van der Waals surface area contributed by atoms with Crippen LogP contribution in [0.1, 0.15) is 72.7 Å². The van der Waals surface area contributed by atoms with Crippen LogP contribution in [0.15, 0.2) is 172 Å². The number of carbonyl (C=O) groups excluding carboxylic acids is 5. The zero-order valence-corrected chi connectivity index (χ0v) is 68.4. The van der Waals surface area contributed by atoms with Crippen LogP contribution in [-0.2, 0) is 28.7 Å². The molecule has 4 aromatic carbocycles. The first kappa shape index (κ1) is 89.3. The Morgan fingerprint density at radius 3 is 1.37 bits per heavy atom. The molecule has 0 saturated heterocycles. The molecule has 8 aromatic heterocycles. The monoisotopic (exact) mass is 1670 g/mol. The largest absolute Gasteiger partial charge is 1.00 e. The Hall–Kier alpha value is -4.81. The molecule has 0 aliphatic rings. The molecule has 12 aromatic rings. The van der Waals surface area contributed by atoms with Crippen LogP contribution in [0, 0.1) is 22.7 Å². The van der Waals surface area contributed by atoms with Crippen molar-refractivity contribution in [3.05, 3.63) is 214 Å². The predicted molar refractivity (Wildman–Crippen MR) is 381 cm³/mol. The molecule has 0 amide bonds. The van der Waals surface area contributed by atoms with E-state index in [1.54, 1.807) is 88.4 Å². The molecule has 12 rings (SSSR count). The smallest absolute Gasteiger partial charge is 1.00 e. The Morgan fingerprint density at radius 1 is 0.582 bits per heavy atom. The number of aldehydes is 1. The number of pyridine rings is 5. The Morgan fingerprint density at radius 2 is 0.990 bits per heavy atom. The number of aromatic nitrogens is 5. The Bertz CT molecular complexity index is 4790. The quantitative estimate of drug-likeness (QED) is 0.0238. The minimum atomic E-state index is -0.938. The maximum atomic E-state index is 12.1. The van der Waals surface area contributed by atoms with Gasteiger partial charge in [0.15, 0.2) is 6.29 Å². The molecule has 32 heteroatoms. The van der Waals surface area contributed by atoms with Crippen molar-refractivity contribution >= 4 is 206 Å². The van der Waals surface area contributed by atoms with Gasteiger partial charge in [-0.15, -0.1) is 34.0 Å². The van der Waals surface area contributed by atoms with Crippen LogP contribution in [0.5, 0.6) is 0 Å². The van der Waals surface area contributed by atoms with Gasteiger partial charge in [-0.25, -0.2) is 14.4 Å². The molecule has 0 aliphatic heterocycles. The fourth-order valence-corrected chi connectivity index (χ4v) is 12.8. The van der Waals surface area contributed by atoms with E-state index >= 15 is 0 Å². The zero-order valence-electron chi connectivity index (χ0n) is 53.6. The van der Waals surface area contributed by atoms with E-state index < -0.39 is 5.97 Å². The molecular formula is C66H49Br3Cl2K2LiN7O13S4. The second-order valence-electron chi connectivity index (χ2n) is 18.1. The van der Waals surface area contributed by atoms with E-state index in [0.717, 1.165) is 83.0 Å². The second kappa shape index (κ2) is 46.7. The number of hydrogen-bond donors (Lipinski definition) is 2. The average Bonchev–Trinajstić information content (AvgIpc) is 1.75. The van der Waals surface area contributed by atoms with E-state index in [4.69, 9.17) is 42.7 Å². The fourth-order valence-electron chi connectivity index (χ4n) is 8.29. The van der Waals surface area contributed by atoms with Crippen LogP contribution in [0.2, 0.25) is 10.0 Å². The summed E-state index contributed by atoms with van der Waals surface area (Å²) in [6.45, 7) is 6.36. The summed E-state index contributed by atoms with van der Waals surface area (Å²) in [5.74, 6) is -1.61. The maximum absolute atomic E-state index is 12.1. The fraction of sp³-hybridized carbons (Fsp3) is 0.106. The van der Waals surface area contributed by atoms with Gasteiger partial charge in [-0.1, -0.05) is 83.9 Å². The predicted octanol–water partition coefficient (Wildman–Crippen LogP) is 7.76. The number of nitrogens with zero attached hydrogens (tertiary/aromatic N) is 7. The average molecular weight is 1670 g/mol. The molecule has 0 aliphatic carbocycles. The SMILES string of the molecule is CCOC(=O)CS.CCOC(=O)c1cc2cncc(-c3ccc(C#N)c4ccccc34)c2s1.CCOC(=O)c1cc2cncc(Br)c2s1.Clc1ccncc1Br.N#Cc1ccc(-c2cncc3cc(C(=O)O)sc23)c2ccccc12.O=CO[O-].O=Cc1cncc(Br)c1Cl.[H-].[K+].[K+].[Li+].[OH-]. The summed E-state index contributed by atoms with van der Waals surface area (Å²) in [7, 11) is 0. The molecule has 0 bridgehead atoms. The number of esters is 3. The molecule has 0 fully saturated rings. The number of fused-ring (bicyclic) bond motifs is 5. The van der Waals surface area contributed by atoms with E-state index in [1.807, 2.05) is 79.0 Å². The number of thiol groups is 1. The minimum absolute atomic E-state index is 0. The van der Waals surface area contributed by atoms with Gasteiger partial charge in [0.1, 0.15) is 14.6 Å². The van der Waals surface area contributed by atoms with Gasteiger partial charge in [-0.3, -0.25) is 39.3 Å². The maximum Gasteiger partial charge on any atom is 1.00 e. The van der Waals surface area contributed by atoms with Crippen LogP contribution in [-0.4, -0.2) is 97.7 Å². The number of halogens is 5. The summed E-state index contributed by atoms with van der Waals surface area (Å²) in [5, 5.41) is 43.9. The first-order chi connectivity index (χ1) is 45.4. The van der Waals surface area contributed by atoms with Crippen molar-refractivity contribution in [1.29, 1.82) is 10.5 Å². The molecular weight excluding hydrogens is 1620 g/mol.